The number of amides is 1. The van der Waals surface area contributed by atoms with Crippen LogP contribution in [0, 0.1) is 6.92 Å². The lowest BCUT2D eigenvalue weighted by Crippen LogP contribution is -2.41. The van der Waals surface area contributed by atoms with Gasteiger partial charge in [-0.2, -0.15) is 0 Å². The number of aryl methyl sites for hydroxylation is 2. The Morgan fingerprint density at radius 2 is 2.00 bits per heavy atom. The number of rotatable bonds is 7. The van der Waals surface area contributed by atoms with E-state index in [0.29, 0.717) is 11.5 Å². The van der Waals surface area contributed by atoms with Crippen molar-refractivity contribution in [2.24, 2.45) is 0 Å². The minimum absolute atomic E-state index is 0.00436. The van der Waals surface area contributed by atoms with Crippen molar-refractivity contribution in [2.45, 2.75) is 53.5 Å². The van der Waals surface area contributed by atoms with Crippen molar-refractivity contribution in [3.8, 4) is 0 Å². The van der Waals surface area contributed by atoms with Crippen molar-refractivity contribution in [1.82, 2.24) is 4.90 Å². The lowest BCUT2D eigenvalue weighted by Gasteiger charge is -2.25. The number of esters is 1. The molecular weight excluding hydrogens is 286 g/mol. The first-order valence-electron chi connectivity index (χ1n) is 7.46. The summed E-state index contributed by atoms with van der Waals surface area (Å²) in [6, 6.07) is 1.92. The SMILES string of the molecule is CCCc1cc(C(=O)N(CC(=O)OCC)C(C)C)sc1C. The highest BCUT2D eigenvalue weighted by molar-refractivity contribution is 7.14. The lowest BCUT2D eigenvalue weighted by molar-refractivity contribution is -0.144. The molecule has 0 aliphatic rings. The normalized spacial score (nSPS) is 10.8. The molecule has 0 atom stereocenters. The number of carbonyl (C=O) groups is 2. The number of hydrogen-bond donors (Lipinski definition) is 0. The van der Waals surface area contributed by atoms with Gasteiger partial charge in [-0.05, 0) is 45.7 Å². The summed E-state index contributed by atoms with van der Waals surface area (Å²) in [6.45, 7) is 10.1. The molecule has 1 aromatic rings. The molecule has 0 saturated carbocycles. The van der Waals surface area contributed by atoms with Gasteiger partial charge in [-0.1, -0.05) is 13.3 Å². The van der Waals surface area contributed by atoms with Crippen LogP contribution in [0.15, 0.2) is 6.07 Å². The standard InChI is InChI=1S/C16H25NO3S/c1-6-8-13-9-14(21-12(13)5)16(19)17(11(3)4)10-15(18)20-7-2/h9,11H,6-8,10H2,1-5H3. The fourth-order valence-electron chi connectivity index (χ4n) is 2.12. The second kappa shape index (κ2) is 8.17. The van der Waals surface area contributed by atoms with E-state index in [4.69, 9.17) is 4.74 Å². The first kappa shape index (κ1) is 17.7. The minimum atomic E-state index is -0.360. The van der Waals surface area contributed by atoms with Crippen LogP contribution >= 0.6 is 11.3 Å². The van der Waals surface area contributed by atoms with Crippen LogP contribution in [0.5, 0.6) is 0 Å². The van der Waals surface area contributed by atoms with Gasteiger partial charge >= 0.3 is 5.97 Å². The van der Waals surface area contributed by atoms with E-state index in [9.17, 15) is 9.59 Å². The van der Waals surface area contributed by atoms with E-state index >= 15 is 0 Å². The number of carbonyl (C=O) groups excluding carboxylic acids is 2. The Morgan fingerprint density at radius 3 is 2.52 bits per heavy atom. The van der Waals surface area contributed by atoms with Crippen LogP contribution in [0.25, 0.3) is 0 Å². The molecule has 1 aromatic heterocycles. The number of thiophene rings is 1. The highest BCUT2D eigenvalue weighted by Crippen LogP contribution is 2.24. The Hall–Kier alpha value is -1.36. The number of nitrogens with zero attached hydrogens (tertiary/aromatic N) is 1. The number of hydrogen-bond acceptors (Lipinski definition) is 4. The van der Waals surface area contributed by atoms with Crippen LogP contribution in [0.3, 0.4) is 0 Å². The molecule has 1 amide bonds. The molecule has 0 fully saturated rings. The Labute approximate surface area is 131 Å². The van der Waals surface area contributed by atoms with Gasteiger partial charge in [0, 0.05) is 10.9 Å². The summed E-state index contributed by atoms with van der Waals surface area (Å²) in [4.78, 5) is 27.7. The molecule has 0 aliphatic carbocycles. The van der Waals surface area contributed by atoms with E-state index in [2.05, 4.69) is 6.92 Å². The molecule has 0 unspecified atom stereocenters. The topological polar surface area (TPSA) is 46.6 Å². The quantitative estimate of drug-likeness (QED) is 0.725. The van der Waals surface area contributed by atoms with Crippen molar-refractivity contribution in [3.63, 3.8) is 0 Å². The van der Waals surface area contributed by atoms with Crippen LogP contribution in [0.2, 0.25) is 0 Å². The van der Waals surface area contributed by atoms with Crippen LogP contribution in [0.4, 0.5) is 0 Å². The Morgan fingerprint density at radius 1 is 1.33 bits per heavy atom. The van der Waals surface area contributed by atoms with Gasteiger partial charge in [0.2, 0.25) is 0 Å². The molecule has 1 heterocycles. The van der Waals surface area contributed by atoms with Crippen molar-refractivity contribution in [3.05, 3.63) is 21.4 Å². The van der Waals surface area contributed by atoms with Crippen molar-refractivity contribution in [2.75, 3.05) is 13.2 Å². The predicted molar refractivity (Wildman–Crippen MR) is 85.9 cm³/mol. The molecule has 0 spiro atoms. The van der Waals surface area contributed by atoms with E-state index in [-0.39, 0.29) is 24.5 Å². The molecule has 118 valence electrons. The molecule has 0 radical (unpaired) electrons. The summed E-state index contributed by atoms with van der Waals surface area (Å²) in [5.74, 6) is -0.449. The van der Waals surface area contributed by atoms with Gasteiger partial charge in [-0.15, -0.1) is 11.3 Å². The van der Waals surface area contributed by atoms with Crippen LogP contribution in [-0.4, -0.2) is 36.0 Å². The van der Waals surface area contributed by atoms with E-state index in [1.807, 2.05) is 26.8 Å². The van der Waals surface area contributed by atoms with Crippen LogP contribution < -0.4 is 0 Å². The van der Waals surface area contributed by atoms with Gasteiger partial charge in [0.1, 0.15) is 6.54 Å². The monoisotopic (exact) mass is 311 g/mol. The van der Waals surface area contributed by atoms with Gasteiger partial charge in [0.15, 0.2) is 0 Å². The van der Waals surface area contributed by atoms with Gasteiger partial charge < -0.3 is 9.64 Å². The highest BCUT2D eigenvalue weighted by Gasteiger charge is 2.24. The predicted octanol–water partition coefficient (Wildman–Crippen LogP) is 3.42. The first-order valence-corrected chi connectivity index (χ1v) is 8.28. The zero-order valence-corrected chi connectivity index (χ0v) is 14.4. The second-order valence-electron chi connectivity index (χ2n) is 5.27. The van der Waals surface area contributed by atoms with Crippen molar-refractivity contribution in [1.29, 1.82) is 0 Å². The largest absolute Gasteiger partial charge is 0.465 e. The third-order valence-corrected chi connectivity index (χ3v) is 4.32. The molecule has 0 aliphatic heterocycles. The fourth-order valence-corrected chi connectivity index (χ4v) is 3.15. The molecule has 4 nitrogen and oxygen atoms in total. The number of ether oxygens (including phenoxy) is 1. The summed E-state index contributed by atoms with van der Waals surface area (Å²) in [5.41, 5.74) is 1.23. The average Bonchev–Trinajstić information content (AvgIpc) is 2.77. The molecule has 0 aromatic carbocycles. The summed E-state index contributed by atoms with van der Waals surface area (Å²) >= 11 is 1.51. The van der Waals surface area contributed by atoms with E-state index in [1.165, 1.54) is 21.8 Å². The summed E-state index contributed by atoms with van der Waals surface area (Å²) < 4.78 is 4.95. The third-order valence-electron chi connectivity index (χ3n) is 3.24. The summed E-state index contributed by atoms with van der Waals surface area (Å²) in [6.07, 6.45) is 2.04. The Balaban J connectivity index is 2.90. The molecule has 0 saturated heterocycles. The Bertz CT molecular complexity index is 494. The maximum absolute atomic E-state index is 12.6. The van der Waals surface area contributed by atoms with Crippen molar-refractivity contribution < 1.29 is 14.3 Å². The smallest absolute Gasteiger partial charge is 0.325 e. The fraction of sp³-hybridized carbons (Fsp3) is 0.625. The third kappa shape index (κ3) is 4.84. The maximum Gasteiger partial charge on any atom is 0.325 e. The van der Waals surface area contributed by atoms with Crippen molar-refractivity contribution >= 4 is 23.2 Å². The van der Waals surface area contributed by atoms with E-state index < -0.39 is 0 Å². The van der Waals surface area contributed by atoms with Gasteiger partial charge in [-0.25, -0.2) is 0 Å². The zero-order chi connectivity index (χ0) is 16.0. The van der Waals surface area contributed by atoms with E-state index in [0.717, 1.165) is 12.8 Å². The second-order valence-corrected chi connectivity index (χ2v) is 6.53. The van der Waals surface area contributed by atoms with Gasteiger partial charge in [-0.3, -0.25) is 9.59 Å². The van der Waals surface area contributed by atoms with E-state index in [1.54, 1.807) is 11.8 Å². The molecular formula is C16H25NO3S. The van der Waals surface area contributed by atoms with Crippen LogP contribution in [0.1, 0.15) is 54.2 Å². The molecule has 0 bridgehead atoms. The maximum atomic E-state index is 12.6. The van der Waals surface area contributed by atoms with Gasteiger partial charge in [0.05, 0.1) is 11.5 Å². The summed E-state index contributed by atoms with van der Waals surface area (Å²) in [5, 5.41) is 0. The Kier molecular flexibility index (Phi) is 6.89. The lowest BCUT2D eigenvalue weighted by atomic mass is 10.1. The van der Waals surface area contributed by atoms with Gasteiger partial charge in [0.25, 0.3) is 5.91 Å². The summed E-state index contributed by atoms with van der Waals surface area (Å²) in [7, 11) is 0. The molecule has 21 heavy (non-hydrogen) atoms. The molecule has 1 rings (SSSR count). The zero-order valence-electron chi connectivity index (χ0n) is 13.6. The minimum Gasteiger partial charge on any atom is -0.465 e. The molecule has 5 heteroatoms. The average molecular weight is 311 g/mol. The van der Waals surface area contributed by atoms with Crippen LogP contribution in [-0.2, 0) is 16.0 Å². The molecule has 0 N–H and O–H groups in total. The first-order chi connectivity index (χ1) is 9.90. The highest BCUT2D eigenvalue weighted by atomic mass is 32.1.